The molecular weight excluding hydrogens is 284 g/mol. The van der Waals surface area contributed by atoms with Crippen LogP contribution in [0.3, 0.4) is 0 Å². The van der Waals surface area contributed by atoms with Gasteiger partial charge in [-0.3, -0.25) is 0 Å². The molecule has 1 N–H and O–H groups in total. The summed E-state index contributed by atoms with van der Waals surface area (Å²) in [4.78, 5) is 14.9. The number of hydrogen-bond acceptors (Lipinski definition) is 4. The molecule has 0 fully saturated rings. The molecule has 6 nitrogen and oxygen atoms in total. The zero-order valence-electron chi connectivity index (χ0n) is 9.55. The van der Waals surface area contributed by atoms with Gasteiger partial charge in [-0.2, -0.15) is 13.9 Å². The van der Waals surface area contributed by atoms with Crippen LogP contribution in [-0.4, -0.2) is 32.3 Å². The third-order valence-electron chi connectivity index (χ3n) is 2.41. The summed E-state index contributed by atoms with van der Waals surface area (Å²) < 4.78 is 29.9. The highest BCUT2D eigenvalue weighted by Gasteiger charge is 2.24. The predicted molar refractivity (Wildman–Crippen MR) is 60.5 cm³/mol. The second-order valence-electron chi connectivity index (χ2n) is 3.64. The monoisotopic (exact) mass is 291 g/mol. The van der Waals surface area contributed by atoms with Gasteiger partial charge < -0.3 is 9.84 Å². The van der Waals surface area contributed by atoms with E-state index in [0.717, 1.165) is 10.7 Å². The number of fused-ring (bicyclic) bond motifs is 1. The molecule has 2 aromatic rings. The fourth-order valence-electron chi connectivity index (χ4n) is 1.70. The number of rotatable bonds is 4. The van der Waals surface area contributed by atoms with Gasteiger partial charge in [-0.15, -0.1) is 0 Å². The van der Waals surface area contributed by atoms with E-state index in [9.17, 15) is 13.6 Å². The molecule has 2 heterocycles. The molecule has 0 aliphatic heterocycles. The maximum Gasteiger partial charge on any atom is 0.345 e. The average molecular weight is 292 g/mol. The minimum absolute atomic E-state index is 0.0512. The molecule has 0 spiro atoms. The third-order valence-corrected chi connectivity index (χ3v) is 2.60. The van der Waals surface area contributed by atoms with Crippen molar-refractivity contribution in [3.05, 3.63) is 28.7 Å². The largest absolute Gasteiger partial charge is 0.478 e. The molecule has 0 radical (unpaired) electrons. The van der Waals surface area contributed by atoms with Gasteiger partial charge in [0, 0.05) is 12.3 Å². The maximum absolute atomic E-state index is 12.3. The van der Waals surface area contributed by atoms with Crippen molar-refractivity contribution >= 4 is 23.2 Å². The Hall–Kier alpha value is -1.80. The number of nitrogens with zero attached hydrogens (tertiary/aromatic N) is 3. The second kappa shape index (κ2) is 5.06. The third kappa shape index (κ3) is 2.64. The zero-order valence-corrected chi connectivity index (χ0v) is 10.3. The SMILES string of the molecule is C[C@H](OC(F)F)c1c(C(=O)O)cnc2cc(Cl)nn12. The Kier molecular flexibility index (Phi) is 3.63. The number of ether oxygens (including phenoxy) is 1. The lowest BCUT2D eigenvalue weighted by molar-refractivity contribution is -0.161. The molecule has 1 atom stereocenters. The first-order valence-electron chi connectivity index (χ1n) is 5.11. The first-order valence-corrected chi connectivity index (χ1v) is 5.49. The topological polar surface area (TPSA) is 76.7 Å². The number of carbonyl (C=O) groups is 1. The van der Waals surface area contributed by atoms with E-state index in [-0.39, 0.29) is 22.1 Å². The van der Waals surface area contributed by atoms with Crippen molar-refractivity contribution in [2.45, 2.75) is 19.6 Å². The van der Waals surface area contributed by atoms with Crippen molar-refractivity contribution in [2.24, 2.45) is 0 Å². The Balaban J connectivity index is 2.64. The molecule has 0 saturated heterocycles. The lowest BCUT2D eigenvalue weighted by atomic mass is 10.1. The quantitative estimate of drug-likeness (QED) is 0.936. The molecule has 2 rings (SSSR count). The van der Waals surface area contributed by atoms with Crippen LogP contribution in [0.25, 0.3) is 5.65 Å². The molecule has 0 bridgehead atoms. The lowest BCUT2D eigenvalue weighted by Gasteiger charge is -2.15. The normalized spacial score (nSPS) is 13.1. The van der Waals surface area contributed by atoms with E-state index < -0.39 is 18.7 Å². The molecule has 19 heavy (non-hydrogen) atoms. The number of carboxylic acids is 1. The van der Waals surface area contributed by atoms with Crippen molar-refractivity contribution in [3.8, 4) is 0 Å². The molecule has 0 amide bonds. The molecule has 0 aliphatic carbocycles. The first-order chi connectivity index (χ1) is 8.90. The summed E-state index contributed by atoms with van der Waals surface area (Å²) in [5.41, 5.74) is -0.0835. The number of aromatic nitrogens is 3. The van der Waals surface area contributed by atoms with E-state index in [1.54, 1.807) is 0 Å². The van der Waals surface area contributed by atoms with Crippen LogP contribution in [0.1, 0.15) is 29.1 Å². The lowest BCUT2D eigenvalue weighted by Crippen LogP contribution is -2.16. The number of alkyl halides is 2. The van der Waals surface area contributed by atoms with Gasteiger partial charge in [0.1, 0.15) is 11.7 Å². The van der Waals surface area contributed by atoms with E-state index in [2.05, 4.69) is 14.8 Å². The summed E-state index contributed by atoms with van der Waals surface area (Å²) in [7, 11) is 0. The van der Waals surface area contributed by atoms with E-state index in [1.165, 1.54) is 13.0 Å². The molecule has 0 aliphatic rings. The van der Waals surface area contributed by atoms with E-state index in [1.807, 2.05) is 0 Å². The van der Waals surface area contributed by atoms with Crippen molar-refractivity contribution in [3.63, 3.8) is 0 Å². The van der Waals surface area contributed by atoms with Gasteiger partial charge >= 0.3 is 12.6 Å². The highest BCUT2D eigenvalue weighted by atomic mass is 35.5. The Morgan fingerprint density at radius 2 is 2.26 bits per heavy atom. The number of carboxylic acid groups (broad SMARTS) is 1. The van der Waals surface area contributed by atoms with Gasteiger partial charge in [0.15, 0.2) is 10.8 Å². The zero-order chi connectivity index (χ0) is 14.2. The van der Waals surface area contributed by atoms with Crippen LogP contribution < -0.4 is 0 Å². The van der Waals surface area contributed by atoms with Crippen LogP contribution in [0.2, 0.25) is 5.15 Å². The number of aromatic carboxylic acids is 1. The fourth-order valence-corrected chi connectivity index (χ4v) is 1.87. The van der Waals surface area contributed by atoms with E-state index >= 15 is 0 Å². The molecule has 102 valence electrons. The van der Waals surface area contributed by atoms with E-state index in [0.29, 0.717) is 0 Å². The molecule has 9 heteroatoms. The minimum Gasteiger partial charge on any atom is -0.478 e. The number of halogens is 3. The summed E-state index contributed by atoms with van der Waals surface area (Å²) in [5, 5.41) is 12.9. The van der Waals surface area contributed by atoms with Crippen LogP contribution in [-0.2, 0) is 4.74 Å². The summed E-state index contributed by atoms with van der Waals surface area (Å²) in [6, 6.07) is 1.38. The van der Waals surface area contributed by atoms with Crippen LogP contribution in [0.4, 0.5) is 8.78 Å². The Morgan fingerprint density at radius 3 is 2.84 bits per heavy atom. The smallest absolute Gasteiger partial charge is 0.345 e. The van der Waals surface area contributed by atoms with Crippen molar-refractivity contribution in [1.29, 1.82) is 0 Å². The van der Waals surface area contributed by atoms with Crippen molar-refractivity contribution < 1.29 is 23.4 Å². The van der Waals surface area contributed by atoms with Gasteiger partial charge in [0.25, 0.3) is 0 Å². The van der Waals surface area contributed by atoms with Gasteiger partial charge in [-0.1, -0.05) is 11.6 Å². The van der Waals surface area contributed by atoms with Crippen molar-refractivity contribution in [1.82, 2.24) is 14.6 Å². The van der Waals surface area contributed by atoms with Crippen LogP contribution in [0, 0.1) is 0 Å². The second-order valence-corrected chi connectivity index (χ2v) is 4.03. The van der Waals surface area contributed by atoms with E-state index in [4.69, 9.17) is 16.7 Å². The summed E-state index contributed by atoms with van der Waals surface area (Å²) in [5.74, 6) is -1.32. The minimum atomic E-state index is -3.04. The van der Waals surface area contributed by atoms with Gasteiger partial charge in [-0.05, 0) is 6.92 Å². The first kappa shape index (κ1) is 13.6. The summed E-state index contributed by atoms with van der Waals surface area (Å²) >= 11 is 5.69. The molecule has 0 unspecified atom stereocenters. The average Bonchev–Trinajstić information content (AvgIpc) is 2.66. The van der Waals surface area contributed by atoms with Gasteiger partial charge in [-0.25, -0.2) is 14.3 Å². The Morgan fingerprint density at radius 1 is 1.58 bits per heavy atom. The van der Waals surface area contributed by atoms with Crippen LogP contribution >= 0.6 is 11.6 Å². The highest BCUT2D eigenvalue weighted by Crippen LogP contribution is 2.24. The summed E-state index contributed by atoms with van der Waals surface area (Å²) in [6.45, 7) is -1.74. The number of hydrogen-bond donors (Lipinski definition) is 1. The van der Waals surface area contributed by atoms with Crippen LogP contribution in [0.5, 0.6) is 0 Å². The predicted octanol–water partition coefficient (Wildman–Crippen LogP) is 2.38. The van der Waals surface area contributed by atoms with Gasteiger partial charge in [0.05, 0.1) is 5.69 Å². The molecule has 2 aromatic heterocycles. The van der Waals surface area contributed by atoms with Crippen LogP contribution in [0.15, 0.2) is 12.3 Å². The Labute approximate surface area is 110 Å². The Bertz CT molecular complexity index is 632. The fraction of sp³-hybridized carbons (Fsp3) is 0.300. The molecular formula is C10H8ClF2N3O3. The maximum atomic E-state index is 12.3. The van der Waals surface area contributed by atoms with Gasteiger partial charge in [0.2, 0.25) is 0 Å². The highest BCUT2D eigenvalue weighted by molar-refractivity contribution is 6.29. The van der Waals surface area contributed by atoms with Crippen molar-refractivity contribution in [2.75, 3.05) is 0 Å². The standard InChI is InChI=1S/C10H8ClF2N3O3/c1-4(19-10(12)13)8-5(9(17)18)3-14-7-2-6(11)15-16(7)8/h2-4,10H,1H3,(H,17,18)/t4-/m0/s1. The summed E-state index contributed by atoms with van der Waals surface area (Å²) in [6.07, 6.45) is -0.136. The molecule has 0 aromatic carbocycles. The molecule has 0 saturated carbocycles.